The Bertz CT molecular complexity index is 2140. The lowest BCUT2D eigenvalue weighted by atomic mass is 9.47. The monoisotopic (exact) mass is 745 g/mol. The Morgan fingerprint density at radius 1 is 0.727 bits per heavy atom. The lowest BCUT2D eigenvalue weighted by molar-refractivity contribution is -0.210. The van der Waals surface area contributed by atoms with E-state index in [4.69, 9.17) is 18.9 Å². The molecule has 10 aliphatic rings. The van der Waals surface area contributed by atoms with Gasteiger partial charge in [0.25, 0.3) is 0 Å². The summed E-state index contributed by atoms with van der Waals surface area (Å²) in [7, 11) is 0. The number of nitrogens with zero attached hydrogens (tertiary/aromatic N) is 2. The number of benzene rings is 2. The number of rotatable bonds is 6. The number of aromatic nitrogens is 1. The Balaban J connectivity index is 1.07. The number of hydrogen-bond acceptors (Lipinski definition) is 10. The summed E-state index contributed by atoms with van der Waals surface area (Å²) in [5.41, 5.74) is 4.93. The minimum atomic E-state index is -0.958. The molecule has 3 aromatic rings. The lowest BCUT2D eigenvalue weighted by Crippen LogP contribution is -2.76. The first kappa shape index (κ1) is 31.9. The van der Waals surface area contributed by atoms with Crippen LogP contribution in [-0.2, 0) is 55.6 Å². The van der Waals surface area contributed by atoms with E-state index in [0.29, 0.717) is 49.0 Å². The predicted octanol–water partition coefficient (Wildman–Crippen LogP) is 4.97. The molecule has 2 saturated carbocycles. The van der Waals surface area contributed by atoms with Crippen molar-refractivity contribution >= 4 is 11.9 Å². The van der Waals surface area contributed by atoms with E-state index in [9.17, 15) is 19.8 Å². The molecule has 2 spiro atoms. The number of esters is 2. The van der Waals surface area contributed by atoms with Crippen LogP contribution in [-0.4, -0.2) is 86.4 Å². The second kappa shape index (κ2) is 10.0. The molecule has 4 aliphatic heterocycles. The number of phenolic OH excluding ortho intramolecular Hbond substituents is 2. The highest BCUT2D eigenvalue weighted by Gasteiger charge is 2.79. The van der Waals surface area contributed by atoms with Crippen molar-refractivity contribution in [2.45, 2.75) is 124 Å². The van der Waals surface area contributed by atoms with Crippen molar-refractivity contribution < 1.29 is 38.7 Å². The van der Waals surface area contributed by atoms with Gasteiger partial charge in [-0.05, 0) is 111 Å². The van der Waals surface area contributed by atoms with Crippen molar-refractivity contribution in [1.82, 2.24) is 14.8 Å². The summed E-state index contributed by atoms with van der Waals surface area (Å²) in [5, 5.41) is 22.9. The molecule has 55 heavy (non-hydrogen) atoms. The van der Waals surface area contributed by atoms with Crippen LogP contribution in [0.4, 0.5) is 0 Å². The van der Waals surface area contributed by atoms with Crippen LogP contribution in [0, 0.1) is 11.8 Å². The third-order valence-electron chi connectivity index (χ3n) is 16.3. The summed E-state index contributed by atoms with van der Waals surface area (Å²) in [5.74, 6) is 1.90. The highest BCUT2D eigenvalue weighted by Crippen LogP contribution is 2.74. The lowest BCUT2D eigenvalue weighted by Gasteiger charge is -2.64. The van der Waals surface area contributed by atoms with Crippen LogP contribution in [0.1, 0.15) is 109 Å². The van der Waals surface area contributed by atoms with Crippen LogP contribution >= 0.6 is 0 Å². The average Bonchev–Trinajstić information content (AvgIpc) is 4.04. The highest BCUT2D eigenvalue weighted by atomic mass is 16.6. The molecule has 0 unspecified atom stereocenters. The molecule has 11 nitrogen and oxygen atoms in total. The van der Waals surface area contributed by atoms with E-state index in [2.05, 4.69) is 26.9 Å². The van der Waals surface area contributed by atoms with Crippen molar-refractivity contribution in [3.05, 3.63) is 69.0 Å². The summed E-state index contributed by atoms with van der Waals surface area (Å²) in [6.45, 7) is 6.73. The van der Waals surface area contributed by atoms with Gasteiger partial charge in [-0.3, -0.25) is 19.4 Å². The molecular weight excluding hydrogens is 698 g/mol. The molecule has 4 fully saturated rings. The molecular formula is C44H47N3O8. The Labute approximate surface area is 319 Å². The summed E-state index contributed by atoms with van der Waals surface area (Å²) in [6.07, 6.45) is 7.62. The first-order valence-electron chi connectivity index (χ1n) is 20.7. The third kappa shape index (κ3) is 3.60. The largest absolute Gasteiger partial charge is 0.504 e. The maximum Gasteiger partial charge on any atom is 0.303 e. The number of carbonyl (C=O) groups is 2. The number of ether oxygens (including phenoxy) is 4. The third-order valence-corrected chi connectivity index (χ3v) is 16.3. The molecule has 3 N–H and O–H groups in total. The maximum atomic E-state index is 13.6. The molecule has 8 atom stereocenters. The Morgan fingerprint density at radius 3 is 1.56 bits per heavy atom. The van der Waals surface area contributed by atoms with Gasteiger partial charge in [-0.1, -0.05) is 12.1 Å². The second-order valence-corrected chi connectivity index (χ2v) is 18.9. The quantitative estimate of drug-likeness (QED) is 0.298. The second-order valence-electron chi connectivity index (χ2n) is 18.9. The number of phenols is 2. The maximum absolute atomic E-state index is 13.6. The fraction of sp³-hybridized carbons (Fsp3) is 0.591. The Kier molecular flexibility index (Phi) is 5.81. The summed E-state index contributed by atoms with van der Waals surface area (Å²) in [4.78, 5) is 36.3. The average molecular weight is 746 g/mol. The fourth-order valence-corrected chi connectivity index (χ4v) is 14.2. The fourth-order valence-electron chi connectivity index (χ4n) is 14.2. The SMILES string of the molecule is CC(=O)O[C@@]12Cc3c([nH]c4c3C[C@@]3(OC(C)=O)[C@H]5Cc6ccc(O)c7c6[C@@]3(CCN5CC3CC3)[C@H]4O7)[C@@H]3Oc4c(O)ccc5c4[C@@]31CCN(CC1CC1)[C@@H]2C5. The summed E-state index contributed by atoms with van der Waals surface area (Å²) in [6, 6.07) is 7.47. The van der Waals surface area contributed by atoms with Crippen LogP contribution in [0.15, 0.2) is 24.3 Å². The van der Waals surface area contributed by atoms with Gasteiger partial charge in [0, 0.05) is 50.9 Å². The Hall–Kier alpha value is -4.22. The van der Waals surface area contributed by atoms with Crippen molar-refractivity contribution in [3.63, 3.8) is 0 Å². The number of fused-ring (bicyclic) bond motifs is 5. The normalized spacial score (nSPS) is 37.9. The van der Waals surface area contributed by atoms with Crippen LogP contribution in [0.2, 0.25) is 0 Å². The highest BCUT2D eigenvalue weighted by molar-refractivity contribution is 5.73. The number of likely N-dealkylation sites (tertiary alicyclic amines) is 2. The van der Waals surface area contributed by atoms with Gasteiger partial charge in [-0.25, -0.2) is 0 Å². The van der Waals surface area contributed by atoms with Crippen LogP contribution in [0.5, 0.6) is 23.0 Å². The Morgan fingerprint density at radius 2 is 1.16 bits per heavy atom. The van der Waals surface area contributed by atoms with Gasteiger partial charge < -0.3 is 34.1 Å². The molecule has 11 heteroatoms. The molecule has 5 heterocycles. The van der Waals surface area contributed by atoms with Gasteiger partial charge in [0.15, 0.2) is 35.2 Å². The van der Waals surface area contributed by atoms with Gasteiger partial charge >= 0.3 is 11.9 Å². The summed E-state index contributed by atoms with van der Waals surface area (Å²) >= 11 is 0. The molecule has 286 valence electrons. The van der Waals surface area contributed by atoms with Crippen LogP contribution in [0.25, 0.3) is 0 Å². The first-order chi connectivity index (χ1) is 26.6. The zero-order chi connectivity index (χ0) is 37.0. The topological polar surface area (TPSA) is 134 Å². The van der Waals surface area contributed by atoms with E-state index in [1.807, 2.05) is 0 Å². The van der Waals surface area contributed by atoms with Crippen LogP contribution < -0.4 is 9.47 Å². The summed E-state index contributed by atoms with van der Waals surface area (Å²) < 4.78 is 28.0. The zero-order valence-electron chi connectivity index (χ0n) is 31.4. The smallest absolute Gasteiger partial charge is 0.303 e. The molecule has 4 bridgehead atoms. The molecule has 6 aliphatic carbocycles. The van der Waals surface area contributed by atoms with E-state index in [-0.39, 0.29) is 35.5 Å². The van der Waals surface area contributed by atoms with Gasteiger partial charge in [0.2, 0.25) is 0 Å². The molecule has 2 aromatic carbocycles. The van der Waals surface area contributed by atoms with E-state index < -0.39 is 34.2 Å². The van der Waals surface area contributed by atoms with Crippen LogP contribution in [0.3, 0.4) is 0 Å². The molecule has 0 radical (unpaired) electrons. The standard InChI is InChI=1S/C44H47N3O8/c1-21(48)54-43-17-27-28-18-44(55-22(2)49)32-16-26-8-10-30(51)38-34(26)42(44,12-14-47(32)20-24-5-6-24)40(53-38)36(28)45-35(27)39-41(43)11-13-46(19-23-3-4-23)31(43)15-25-7-9-29(50)37(52-39)33(25)41/h7-10,23-24,31-32,39-40,45,50-51H,3-6,11-20H2,1-2H3/t31-,32-,39+,40+,41+,42+,43-,44-/m1/s1. The molecule has 13 rings (SSSR count). The van der Waals surface area contributed by atoms with E-state index in [0.717, 1.165) is 83.8 Å². The van der Waals surface area contributed by atoms with Gasteiger partial charge in [-0.15, -0.1) is 0 Å². The van der Waals surface area contributed by atoms with E-state index in [1.54, 1.807) is 12.1 Å². The van der Waals surface area contributed by atoms with Gasteiger partial charge in [-0.2, -0.15) is 0 Å². The van der Waals surface area contributed by atoms with Crippen molar-refractivity contribution in [1.29, 1.82) is 0 Å². The number of aromatic amines is 1. The zero-order valence-corrected chi connectivity index (χ0v) is 31.4. The van der Waals surface area contributed by atoms with E-state index in [1.165, 1.54) is 39.5 Å². The number of nitrogens with one attached hydrogen (secondary N) is 1. The number of piperidine rings is 2. The predicted molar refractivity (Wildman–Crippen MR) is 196 cm³/mol. The number of H-pyrrole nitrogens is 1. The molecule has 0 amide bonds. The number of hydrogen-bond donors (Lipinski definition) is 3. The minimum Gasteiger partial charge on any atom is -0.504 e. The molecule has 2 saturated heterocycles. The first-order valence-corrected chi connectivity index (χ1v) is 20.7. The van der Waals surface area contributed by atoms with Crippen molar-refractivity contribution in [3.8, 4) is 23.0 Å². The van der Waals surface area contributed by atoms with Gasteiger partial charge in [0.1, 0.15) is 11.2 Å². The van der Waals surface area contributed by atoms with Crippen molar-refractivity contribution in [2.75, 3.05) is 26.2 Å². The number of aromatic hydroxyl groups is 2. The number of carbonyl (C=O) groups excluding carboxylic acids is 2. The van der Waals surface area contributed by atoms with Crippen molar-refractivity contribution in [2.24, 2.45) is 11.8 Å². The molecule has 1 aromatic heterocycles. The minimum absolute atomic E-state index is 0.0782. The van der Waals surface area contributed by atoms with E-state index >= 15 is 0 Å². The van der Waals surface area contributed by atoms with Gasteiger partial charge in [0.05, 0.1) is 34.3 Å².